The monoisotopic (exact) mass is 1120 g/mol. The van der Waals surface area contributed by atoms with E-state index in [0.29, 0.717) is 30.2 Å². The third kappa shape index (κ3) is 22.0. The Kier molecular flexibility index (Phi) is 25.1. The molecule has 0 radical (unpaired) electrons. The lowest BCUT2D eigenvalue weighted by Crippen LogP contribution is -2.64. The first-order valence-electron chi connectivity index (χ1n) is 33.2. The minimum atomic E-state index is -0.365. The summed E-state index contributed by atoms with van der Waals surface area (Å²) in [6, 6.07) is 2.50. The Labute approximate surface area is 494 Å². The molecule has 1 aromatic heterocycles. The normalized spacial score (nSPS) is 24.2. The average molecular weight is 1120 g/mol. The highest BCUT2D eigenvalue weighted by molar-refractivity contribution is 7.99. The molecule has 2 atom stereocenters. The van der Waals surface area contributed by atoms with Crippen LogP contribution in [0.1, 0.15) is 305 Å². The molecule has 1 aromatic rings. The summed E-state index contributed by atoms with van der Waals surface area (Å²) in [4.78, 5) is 25.7. The molecular formula is C67H131N11S. The van der Waals surface area contributed by atoms with Gasteiger partial charge in [-0.25, -0.2) is 4.98 Å². The van der Waals surface area contributed by atoms with Crippen LogP contribution in [0.3, 0.4) is 0 Å². The van der Waals surface area contributed by atoms with Gasteiger partial charge in [0.05, 0.1) is 5.54 Å². The molecule has 5 rings (SSSR count). The van der Waals surface area contributed by atoms with Crippen LogP contribution < -0.4 is 31.5 Å². The molecule has 4 saturated heterocycles. The van der Waals surface area contributed by atoms with E-state index in [0.717, 1.165) is 80.8 Å². The number of rotatable bonds is 32. The maximum Gasteiger partial charge on any atom is 0.229 e. The minimum absolute atomic E-state index is 0.00626. The molecular weight excluding hydrogens is 991 g/mol. The summed E-state index contributed by atoms with van der Waals surface area (Å²) >= 11 is 1.89. The van der Waals surface area contributed by atoms with E-state index in [1.165, 1.54) is 122 Å². The summed E-state index contributed by atoms with van der Waals surface area (Å²) in [6.45, 7) is 54.8. The SMILES string of the molecule is CCCCCCCCSc1nc(N(CCCCCCN(C(C)CC)C2CC(C)(C)NC(C)(C)C2)C2CC(C)(C)NC(C)(C)C2)nc(C(C)(CC)N(CCCCCCNC2CC(C)(C)NC(C)(C)C2)C2CC(C)(C)NC(C)(C)C2)n1. The third-order valence-corrected chi connectivity index (χ3v) is 19.9. The van der Waals surface area contributed by atoms with Gasteiger partial charge < -0.3 is 31.5 Å². The molecule has 0 spiro atoms. The average Bonchev–Trinajstić information content (AvgIpc) is 3.31. The van der Waals surface area contributed by atoms with E-state index in [2.05, 4.69) is 187 Å². The number of thioether (sulfide) groups is 1. The number of anilines is 1. The van der Waals surface area contributed by atoms with Gasteiger partial charge in [0.1, 0.15) is 0 Å². The number of hydrogen-bond donors (Lipinski definition) is 5. The molecule has 12 heteroatoms. The van der Waals surface area contributed by atoms with Gasteiger partial charge in [0.2, 0.25) is 5.95 Å². The van der Waals surface area contributed by atoms with Crippen LogP contribution in [-0.4, -0.2) is 131 Å². The number of aromatic nitrogens is 3. The standard InChI is InChI=1S/C67H131N11S/c1-22-25-26-27-32-37-42-79-58-70-56(67(21,24-3)78(55-49-65(17,18)75-66(19,20)50-55)41-36-29-28-33-38-68-52-43-59(5,6)72-60(7,8)44-52)69-57(71-58)77(54-47-63(13,14)74-64(15,16)48-54)40-35-31-30-34-39-76(51(4)23-2)53-45-61(9,10)73-62(11,12)46-53/h51-55,68,72-75H,22-50H2,1-21H3. The summed E-state index contributed by atoms with van der Waals surface area (Å²) < 4.78 is 0. The zero-order valence-electron chi connectivity index (χ0n) is 56.0. The Morgan fingerprint density at radius 3 is 1.44 bits per heavy atom. The summed E-state index contributed by atoms with van der Waals surface area (Å²) in [5.41, 5.74) is 0.283. The van der Waals surface area contributed by atoms with Crippen LogP contribution in [-0.2, 0) is 5.54 Å². The Morgan fingerprint density at radius 1 is 0.506 bits per heavy atom. The quantitative estimate of drug-likeness (QED) is 0.0350. The summed E-state index contributed by atoms with van der Waals surface area (Å²) in [5.74, 6) is 2.96. The molecule has 460 valence electrons. The van der Waals surface area contributed by atoms with Crippen molar-refractivity contribution >= 4 is 17.7 Å². The Hall–Kier alpha value is -1.12. The number of hydrogen-bond acceptors (Lipinski definition) is 12. The van der Waals surface area contributed by atoms with Crippen LogP contribution in [0.25, 0.3) is 0 Å². The smallest absolute Gasteiger partial charge is 0.229 e. The first-order valence-corrected chi connectivity index (χ1v) is 34.2. The van der Waals surface area contributed by atoms with Gasteiger partial charge >= 0.3 is 0 Å². The summed E-state index contributed by atoms with van der Waals surface area (Å²) in [7, 11) is 0. The molecule has 5 N–H and O–H groups in total. The fraction of sp³-hybridized carbons (Fsp3) is 0.955. The molecule has 2 unspecified atom stereocenters. The highest BCUT2D eigenvalue weighted by Gasteiger charge is 2.48. The van der Waals surface area contributed by atoms with Crippen LogP contribution in [0.2, 0.25) is 0 Å². The second-order valence-corrected chi connectivity index (χ2v) is 33.1. The van der Waals surface area contributed by atoms with Crippen molar-refractivity contribution in [1.29, 1.82) is 0 Å². The van der Waals surface area contributed by atoms with Crippen LogP contribution in [0, 0.1) is 0 Å². The fourth-order valence-corrected chi connectivity index (χ4v) is 17.4. The molecule has 0 amide bonds. The number of nitrogens with zero attached hydrogens (tertiary/aromatic N) is 6. The topological polar surface area (TPSA) is 109 Å². The lowest BCUT2D eigenvalue weighted by Gasteiger charge is -2.54. The lowest BCUT2D eigenvalue weighted by atomic mass is 9.77. The summed E-state index contributed by atoms with van der Waals surface area (Å²) in [6.07, 6.45) is 28.8. The molecule has 0 saturated carbocycles. The van der Waals surface area contributed by atoms with Crippen LogP contribution in [0.5, 0.6) is 0 Å². The molecule has 5 heterocycles. The van der Waals surface area contributed by atoms with E-state index >= 15 is 0 Å². The second-order valence-electron chi connectivity index (χ2n) is 32.0. The van der Waals surface area contributed by atoms with E-state index in [1.807, 2.05) is 11.8 Å². The number of nitrogens with one attached hydrogen (secondary N) is 5. The van der Waals surface area contributed by atoms with Gasteiger partial charge in [-0.15, -0.1) is 0 Å². The van der Waals surface area contributed by atoms with E-state index < -0.39 is 0 Å². The molecule has 4 aliphatic heterocycles. The Bertz CT molecular complexity index is 1900. The van der Waals surface area contributed by atoms with Crippen molar-refractivity contribution in [1.82, 2.24) is 51.3 Å². The highest BCUT2D eigenvalue weighted by atomic mass is 32.2. The molecule has 4 aliphatic rings. The van der Waals surface area contributed by atoms with Gasteiger partial charge in [-0.1, -0.05) is 90.3 Å². The second kappa shape index (κ2) is 28.8. The molecule has 11 nitrogen and oxygen atoms in total. The molecule has 4 fully saturated rings. The van der Waals surface area contributed by atoms with Crippen LogP contribution in [0.4, 0.5) is 5.95 Å². The lowest BCUT2D eigenvalue weighted by molar-refractivity contribution is -0.0137. The molecule has 0 aromatic carbocycles. The number of unbranched alkanes of at least 4 members (excludes halogenated alkanes) is 11. The van der Waals surface area contributed by atoms with Gasteiger partial charge in [-0.2, -0.15) is 9.97 Å². The van der Waals surface area contributed by atoms with E-state index in [-0.39, 0.29) is 49.9 Å². The maximum absolute atomic E-state index is 5.88. The predicted molar refractivity (Wildman–Crippen MR) is 344 cm³/mol. The van der Waals surface area contributed by atoms with Crippen molar-refractivity contribution in [3.8, 4) is 0 Å². The van der Waals surface area contributed by atoms with Crippen molar-refractivity contribution < 1.29 is 0 Å². The van der Waals surface area contributed by atoms with E-state index in [4.69, 9.17) is 15.0 Å². The Balaban J connectivity index is 1.44. The fourth-order valence-electron chi connectivity index (χ4n) is 16.5. The van der Waals surface area contributed by atoms with Gasteiger partial charge in [-0.05, 0) is 241 Å². The first kappa shape index (κ1) is 68.7. The van der Waals surface area contributed by atoms with Crippen LogP contribution >= 0.6 is 11.8 Å². The van der Waals surface area contributed by atoms with E-state index in [1.54, 1.807) is 0 Å². The zero-order chi connectivity index (χ0) is 58.7. The van der Waals surface area contributed by atoms with Gasteiger partial charge in [0, 0.05) is 86.8 Å². The van der Waals surface area contributed by atoms with E-state index in [9.17, 15) is 0 Å². The van der Waals surface area contributed by atoms with Crippen molar-refractivity contribution in [2.45, 2.75) is 385 Å². The van der Waals surface area contributed by atoms with Gasteiger partial charge in [0.15, 0.2) is 11.0 Å². The molecule has 0 bridgehead atoms. The largest absolute Gasteiger partial charge is 0.338 e. The minimum Gasteiger partial charge on any atom is -0.338 e. The highest BCUT2D eigenvalue weighted by Crippen LogP contribution is 2.42. The van der Waals surface area contributed by atoms with Crippen molar-refractivity contribution in [2.24, 2.45) is 0 Å². The zero-order valence-corrected chi connectivity index (χ0v) is 56.8. The summed E-state index contributed by atoms with van der Waals surface area (Å²) in [5, 5.41) is 20.8. The number of piperidine rings is 4. The molecule has 79 heavy (non-hydrogen) atoms. The maximum atomic E-state index is 5.88. The van der Waals surface area contributed by atoms with Crippen molar-refractivity contribution in [3.05, 3.63) is 5.82 Å². The van der Waals surface area contributed by atoms with Crippen molar-refractivity contribution in [3.63, 3.8) is 0 Å². The first-order chi connectivity index (χ1) is 36.6. The Morgan fingerprint density at radius 2 is 0.937 bits per heavy atom. The van der Waals surface area contributed by atoms with Gasteiger partial charge in [-0.3, -0.25) is 9.80 Å². The van der Waals surface area contributed by atoms with Crippen molar-refractivity contribution in [2.75, 3.05) is 36.8 Å². The predicted octanol–water partition coefficient (Wildman–Crippen LogP) is 15.1. The third-order valence-electron chi connectivity index (χ3n) is 18.9. The van der Waals surface area contributed by atoms with Gasteiger partial charge in [0.25, 0.3) is 0 Å². The van der Waals surface area contributed by atoms with Crippen LogP contribution in [0.15, 0.2) is 5.16 Å². The molecule has 0 aliphatic carbocycles.